The second-order valence-corrected chi connectivity index (χ2v) is 10.6. The molecule has 1 saturated heterocycles. The lowest BCUT2D eigenvalue weighted by Gasteiger charge is -2.32. The molecule has 1 heterocycles. The van der Waals surface area contributed by atoms with Crippen molar-refractivity contribution >= 4 is 21.8 Å². The van der Waals surface area contributed by atoms with Gasteiger partial charge in [-0.2, -0.15) is 0 Å². The minimum Gasteiger partial charge on any atom is -0.353 e. The summed E-state index contributed by atoms with van der Waals surface area (Å²) in [6, 6.07) is 6.32. The molecule has 2 N–H and O–H groups in total. The lowest BCUT2D eigenvalue weighted by Crippen LogP contribution is -2.47. The number of hydrogen-bond donors (Lipinski definition) is 2. The van der Waals surface area contributed by atoms with Crippen LogP contribution in [0.4, 0.5) is 0 Å². The van der Waals surface area contributed by atoms with Crippen molar-refractivity contribution in [1.82, 2.24) is 14.9 Å². The highest BCUT2D eigenvalue weighted by Crippen LogP contribution is 2.23. The molecule has 1 aromatic rings. The van der Waals surface area contributed by atoms with Gasteiger partial charge >= 0.3 is 0 Å². The molecular weight excluding hydrogens is 414 g/mol. The van der Waals surface area contributed by atoms with Crippen LogP contribution in [0.15, 0.2) is 29.2 Å². The van der Waals surface area contributed by atoms with Gasteiger partial charge in [0.05, 0.1) is 10.8 Å². The van der Waals surface area contributed by atoms with Crippen molar-refractivity contribution in [2.75, 3.05) is 13.1 Å². The van der Waals surface area contributed by atoms with Gasteiger partial charge in [-0.25, -0.2) is 13.1 Å². The van der Waals surface area contributed by atoms with Gasteiger partial charge in [0.1, 0.15) is 0 Å². The zero-order valence-corrected chi connectivity index (χ0v) is 19.4. The summed E-state index contributed by atoms with van der Waals surface area (Å²) in [5.74, 6) is -0.458. The predicted octanol–water partition coefficient (Wildman–Crippen LogP) is 3.06. The molecule has 0 radical (unpaired) electrons. The number of amides is 2. The largest absolute Gasteiger partial charge is 0.353 e. The molecule has 1 aliphatic carbocycles. The Labute approximate surface area is 186 Å². The fraction of sp³-hybridized carbons (Fsp3) is 0.652. The highest BCUT2D eigenvalue weighted by Gasteiger charge is 2.30. The van der Waals surface area contributed by atoms with Gasteiger partial charge in [0.2, 0.25) is 15.9 Å². The van der Waals surface area contributed by atoms with Crippen LogP contribution in [0.1, 0.15) is 75.6 Å². The molecule has 2 fully saturated rings. The molecule has 0 aromatic heterocycles. The normalized spacial score (nSPS) is 21.1. The maximum Gasteiger partial charge on any atom is 0.253 e. The standard InChI is InChI=1S/C23H35N3O4S/c1-3-8-17(2)24-22(27)19-10-7-14-26(16-19)23(28)18-9-6-13-21(15-18)31(29,30)25-20-11-4-5-12-20/h6,9,13,15,17,19-20,25H,3-5,7-8,10-12,14,16H2,1-2H3,(H,24,27)/t17-,19-/m1/s1. The van der Waals surface area contributed by atoms with Crippen LogP contribution in [0.3, 0.4) is 0 Å². The van der Waals surface area contributed by atoms with Crippen molar-refractivity contribution in [2.24, 2.45) is 5.92 Å². The van der Waals surface area contributed by atoms with E-state index in [9.17, 15) is 18.0 Å². The number of hydrogen-bond acceptors (Lipinski definition) is 4. The van der Waals surface area contributed by atoms with Crippen LogP contribution in [-0.2, 0) is 14.8 Å². The van der Waals surface area contributed by atoms with Crippen LogP contribution >= 0.6 is 0 Å². The quantitative estimate of drug-likeness (QED) is 0.638. The molecule has 1 saturated carbocycles. The topological polar surface area (TPSA) is 95.6 Å². The minimum absolute atomic E-state index is 0.00413. The van der Waals surface area contributed by atoms with E-state index >= 15 is 0 Å². The van der Waals surface area contributed by atoms with E-state index < -0.39 is 10.0 Å². The number of sulfonamides is 1. The number of carbonyl (C=O) groups excluding carboxylic acids is 2. The van der Waals surface area contributed by atoms with E-state index in [-0.39, 0.29) is 34.7 Å². The molecule has 1 aromatic carbocycles. The van der Waals surface area contributed by atoms with Crippen molar-refractivity contribution in [2.45, 2.75) is 82.2 Å². The number of carbonyl (C=O) groups is 2. The lowest BCUT2D eigenvalue weighted by molar-refractivity contribution is -0.127. The predicted molar refractivity (Wildman–Crippen MR) is 120 cm³/mol. The molecule has 31 heavy (non-hydrogen) atoms. The summed E-state index contributed by atoms with van der Waals surface area (Å²) < 4.78 is 28.3. The van der Waals surface area contributed by atoms with E-state index in [4.69, 9.17) is 0 Å². The fourth-order valence-corrected chi connectivity index (χ4v) is 5.90. The zero-order chi connectivity index (χ0) is 22.4. The molecular formula is C23H35N3O4S. The number of likely N-dealkylation sites (tertiary alicyclic amines) is 1. The molecule has 0 spiro atoms. The molecule has 3 rings (SSSR count). The van der Waals surface area contributed by atoms with E-state index in [0.717, 1.165) is 51.4 Å². The Hall–Kier alpha value is -1.93. The SMILES string of the molecule is CCC[C@@H](C)NC(=O)[C@@H]1CCCN(C(=O)c2cccc(S(=O)(=O)NC3CCCC3)c2)C1. The highest BCUT2D eigenvalue weighted by molar-refractivity contribution is 7.89. The fourth-order valence-electron chi connectivity index (χ4n) is 4.55. The van der Waals surface area contributed by atoms with E-state index in [1.807, 2.05) is 6.92 Å². The number of benzene rings is 1. The smallest absolute Gasteiger partial charge is 0.253 e. The number of rotatable bonds is 8. The third-order valence-corrected chi connectivity index (χ3v) is 7.78. The Balaban J connectivity index is 1.66. The summed E-state index contributed by atoms with van der Waals surface area (Å²) in [5.41, 5.74) is 0.342. The Bertz CT molecular complexity index is 881. The van der Waals surface area contributed by atoms with Crippen LogP contribution < -0.4 is 10.0 Å². The highest BCUT2D eigenvalue weighted by atomic mass is 32.2. The third-order valence-electron chi connectivity index (χ3n) is 6.26. The number of nitrogens with one attached hydrogen (secondary N) is 2. The average Bonchev–Trinajstić information content (AvgIpc) is 3.26. The first-order chi connectivity index (χ1) is 14.8. The van der Waals surface area contributed by atoms with Crippen molar-refractivity contribution in [3.05, 3.63) is 29.8 Å². The van der Waals surface area contributed by atoms with Gasteiger partial charge in [-0.1, -0.05) is 32.3 Å². The molecule has 2 atom stereocenters. The number of nitrogens with zero attached hydrogens (tertiary/aromatic N) is 1. The van der Waals surface area contributed by atoms with Gasteiger partial charge in [-0.05, 0) is 57.2 Å². The Morgan fingerprint density at radius 3 is 2.61 bits per heavy atom. The minimum atomic E-state index is -3.66. The molecule has 1 aliphatic heterocycles. The Morgan fingerprint density at radius 2 is 1.90 bits per heavy atom. The van der Waals surface area contributed by atoms with Crippen LogP contribution in [-0.4, -0.2) is 50.3 Å². The van der Waals surface area contributed by atoms with Crippen LogP contribution in [0.2, 0.25) is 0 Å². The molecule has 172 valence electrons. The lowest BCUT2D eigenvalue weighted by atomic mass is 9.96. The molecule has 8 heteroatoms. The summed E-state index contributed by atoms with van der Waals surface area (Å²) in [7, 11) is -3.66. The van der Waals surface area contributed by atoms with Gasteiger partial charge in [0.25, 0.3) is 5.91 Å². The summed E-state index contributed by atoms with van der Waals surface area (Å²) in [5, 5.41) is 3.05. The van der Waals surface area contributed by atoms with Crippen molar-refractivity contribution < 1.29 is 18.0 Å². The van der Waals surface area contributed by atoms with Gasteiger partial charge in [-0.15, -0.1) is 0 Å². The van der Waals surface area contributed by atoms with E-state index in [1.165, 1.54) is 12.1 Å². The second kappa shape index (κ2) is 10.6. The van der Waals surface area contributed by atoms with Gasteiger partial charge in [0, 0.05) is 30.7 Å². The summed E-state index contributed by atoms with van der Waals surface area (Å²) in [6.45, 7) is 5.02. The van der Waals surface area contributed by atoms with Gasteiger partial charge < -0.3 is 10.2 Å². The molecule has 0 bridgehead atoms. The molecule has 0 unspecified atom stereocenters. The molecule has 7 nitrogen and oxygen atoms in total. The Kier molecular flexibility index (Phi) is 8.11. The van der Waals surface area contributed by atoms with E-state index in [2.05, 4.69) is 17.0 Å². The Morgan fingerprint density at radius 1 is 1.16 bits per heavy atom. The average molecular weight is 450 g/mol. The van der Waals surface area contributed by atoms with Gasteiger partial charge in [-0.3, -0.25) is 9.59 Å². The van der Waals surface area contributed by atoms with Crippen LogP contribution in [0.25, 0.3) is 0 Å². The van der Waals surface area contributed by atoms with E-state index in [0.29, 0.717) is 18.7 Å². The second-order valence-electron chi connectivity index (χ2n) is 8.92. The van der Waals surface area contributed by atoms with Crippen molar-refractivity contribution in [1.29, 1.82) is 0 Å². The maximum absolute atomic E-state index is 13.1. The van der Waals surface area contributed by atoms with Crippen molar-refractivity contribution in [3.8, 4) is 0 Å². The summed E-state index contributed by atoms with van der Waals surface area (Å²) >= 11 is 0. The first-order valence-electron chi connectivity index (χ1n) is 11.5. The summed E-state index contributed by atoms with van der Waals surface area (Å²) in [4.78, 5) is 27.5. The summed E-state index contributed by atoms with van der Waals surface area (Å²) in [6.07, 6.45) is 7.22. The van der Waals surface area contributed by atoms with E-state index in [1.54, 1.807) is 17.0 Å². The number of piperidine rings is 1. The molecule has 2 amide bonds. The zero-order valence-electron chi connectivity index (χ0n) is 18.6. The first kappa shape index (κ1) is 23.7. The van der Waals surface area contributed by atoms with Gasteiger partial charge in [0.15, 0.2) is 0 Å². The maximum atomic E-state index is 13.1. The first-order valence-corrected chi connectivity index (χ1v) is 13.0. The van der Waals surface area contributed by atoms with Crippen LogP contribution in [0, 0.1) is 5.92 Å². The monoisotopic (exact) mass is 449 g/mol. The third kappa shape index (κ3) is 6.29. The van der Waals surface area contributed by atoms with Crippen molar-refractivity contribution in [3.63, 3.8) is 0 Å². The van der Waals surface area contributed by atoms with Crippen LogP contribution in [0.5, 0.6) is 0 Å². The molecule has 2 aliphatic rings.